The van der Waals surface area contributed by atoms with Crippen molar-refractivity contribution in [3.05, 3.63) is 76.9 Å². The van der Waals surface area contributed by atoms with E-state index in [4.69, 9.17) is 0 Å². The van der Waals surface area contributed by atoms with Crippen LogP contribution in [0.4, 0.5) is 0 Å². The lowest BCUT2D eigenvalue weighted by atomic mass is 9.95. The third-order valence-electron chi connectivity index (χ3n) is 4.45. The Morgan fingerprint density at radius 3 is 2.48 bits per heavy atom. The first kappa shape index (κ1) is 15.7. The van der Waals surface area contributed by atoms with Crippen molar-refractivity contribution in [1.82, 2.24) is 4.90 Å². The fraction of sp³-hybridized carbons (Fsp3) is 0.286. The van der Waals surface area contributed by atoms with Crippen LogP contribution in [0.3, 0.4) is 0 Å². The zero-order chi connectivity index (χ0) is 16.1. The van der Waals surface area contributed by atoms with Crippen molar-refractivity contribution in [3.63, 3.8) is 0 Å². The summed E-state index contributed by atoms with van der Waals surface area (Å²) in [6, 6.07) is 16.5. The Balaban J connectivity index is 1.95. The fourth-order valence-corrected chi connectivity index (χ4v) is 3.10. The Morgan fingerprint density at radius 2 is 1.78 bits per heavy atom. The number of benzene rings is 2. The van der Waals surface area contributed by atoms with Crippen LogP contribution in [0.2, 0.25) is 0 Å². The van der Waals surface area contributed by atoms with Gasteiger partial charge in [0.2, 0.25) is 0 Å². The second-order valence-corrected chi connectivity index (χ2v) is 6.23. The first-order chi connectivity index (χ1) is 11.3. The van der Waals surface area contributed by atoms with E-state index in [2.05, 4.69) is 48.2 Å². The van der Waals surface area contributed by atoms with Gasteiger partial charge in [0.1, 0.15) is 6.29 Å². The Bertz CT molecular complexity index is 694. The molecule has 23 heavy (non-hydrogen) atoms. The zero-order valence-electron chi connectivity index (χ0n) is 13.7. The van der Waals surface area contributed by atoms with Crippen molar-refractivity contribution in [2.75, 3.05) is 19.6 Å². The number of hydrogen-bond donors (Lipinski definition) is 0. The maximum Gasteiger partial charge on any atom is 0.150 e. The number of rotatable bonds is 5. The Kier molecular flexibility index (Phi) is 5.04. The summed E-state index contributed by atoms with van der Waals surface area (Å²) in [4.78, 5) is 13.6. The first-order valence-corrected chi connectivity index (χ1v) is 8.31. The van der Waals surface area contributed by atoms with Crippen LogP contribution in [-0.2, 0) is 0 Å². The van der Waals surface area contributed by atoms with E-state index in [0.29, 0.717) is 0 Å². The van der Waals surface area contributed by atoms with Gasteiger partial charge in [0.05, 0.1) is 0 Å². The van der Waals surface area contributed by atoms with E-state index in [1.54, 1.807) is 0 Å². The van der Waals surface area contributed by atoms with Crippen LogP contribution in [0.15, 0.2) is 54.6 Å². The van der Waals surface area contributed by atoms with Crippen LogP contribution in [0, 0.1) is 6.92 Å². The van der Waals surface area contributed by atoms with Gasteiger partial charge < -0.3 is 0 Å². The van der Waals surface area contributed by atoms with Gasteiger partial charge in [-0.2, -0.15) is 0 Å². The number of hydrogen-bond acceptors (Lipinski definition) is 2. The third-order valence-corrected chi connectivity index (χ3v) is 4.45. The first-order valence-electron chi connectivity index (χ1n) is 8.31. The Labute approximate surface area is 138 Å². The van der Waals surface area contributed by atoms with Gasteiger partial charge in [0.25, 0.3) is 0 Å². The predicted octanol–water partition coefficient (Wildman–Crippen LogP) is 4.34. The highest BCUT2D eigenvalue weighted by atomic mass is 16.1. The number of carbonyl (C=O) groups excluding carboxylic acids is 1. The molecule has 2 aromatic carbocycles. The molecule has 0 atom stereocenters. The molecule has 3 rings (SSSR count). The molecule has 0 bridgehead atoms. The molecular weight excluding hydrogens is 282 g/mol. The molecule has 1 aliphatic rings. The summed E-state index contributed by atoms with van der Waals surface area (Å²) in [6.07, 6.45) is 5.82. The SMILES string of the molecule is Cc1ccc(C(=CCN2CCCC2)c2cccc(C=O)c2)cc1. The van der Waals surface area contributed by atoms with Crippen LogP contribution < -0.4 is 0 Å². The van der Waals surface area contributed by atoms with Crippen molar-refractivity contribution in [2.24, 2.45) is 0 Å². The highest BCUT2D eigenvalue weighted by Gasteiger charge is 2.11. The van der Waals surface area contributed by atoms with E-state index in [1.807, 2.05) is 18.2 Å². The topological polar surface area (TPSA) is 20.3 Å². The molecular formula is C21H23NO. The molecule has 0 radical (unpaired) electrons. The van der Waals surface area contributed by atoms with Gasteiger partial charge in [-0.3, -0.25) is 9.69 Å². The smallest absolute Gasteiger partial charge is 0.150 e. The van der Waals surface area contributed by atoms with Crippen LogP contribution in [-0.4, -0.2) is 30.8 Å². The van der Waals surface area contributed by atoms with Gasteiger partial charge in [-0.25, -0.2) is 0 Å². The summed E-state index contributed by atoms with van der Waals surface area (Å²) in [5.74, 6) is 0. The number of aryl methyl sites for hydroxylation is 1. The predicted molar refractivity (Wildman–Crippen MR) is 95.8 cm³/mol. The second-order valence-electron chi connectivity index (χ2n) is 6.23. The standard InChI is InChI=1S/C21H23NO/c1-17-7-9-19(10-8-17)21(11-14-22-12-2-3-13-22)20-6-4-5-18(15-20)16-23/h4-11,15-16H,2-3,12-14H2,1H3. The molecule has 1 fully saturated rings. The highest BCUT2D eigenvalue weighted by Crippen LogP contribution is 2.25. The molecule has 0 saturated carbocycles. The Morgan fingerprint density at radius 1 is 1.04 bits per heavy atom. The van der Waals surface area contributed by atoms with Crippen LogP contribution in [0.5, 0.6) is 0 Å². The fourth-order valence-electron chi connectivity index (χ4n) is 3.10. The van der Waals surface area contributed by atoms with Crippen molar-refractivity contribution in [2.45, 2.75) is 19.8 Å². The van der Waals surface area contributed by atoms with Gasteiger partial charge in [0.15, 0.2) is 0 Å². The minimum atomic E-state index is 0.724. The minimum Gasteiger partial charge on any atom is -0.300 e. The maximum atomic E-state index is 11.1. The minimum absolute atomic E-state index is 0.724. The Hall–Kier alpha value is -2.19. The van der Waals surface area contributed by atoms with Crippen LogP contribution >= 0.6 is 0 Å². The zero-order valence-corrected chi connectivity index (χ0v) is 13.7. The van der Waals surface area contributed by atoms with Crippen LogP contribution in [0.1, 0.15) is 39.9 Å². The van der Waals surface area contributed by atoms with Crippen molar-refractivity contribution < 1.29 is 4.79 Å². The lowest BCUT2D eigenvalue weighted by molar-refractivity contribution is 0.112. The van der Waals surface area contributed by atoms with Gasteiger partial charge >= 0.3 is 0 Å². The van der Waals surface area contributed by atoms with Gasteiger partial charge in [-0.1, -0.05) is 54.1 Å². The molecule has 118 valence electrons. The number of aldehydes is 1. The molecule has 1 heterocycles. The number of likely N-dealkylation sites (tertiary alicyclic amines) is 1. The molecule has 0 amide bonds. The molecule has 0 spiro atoms. The largest absolute Gasteiger partial charge is 0.300 e. The molecule has 0 N–H and O–H groups in total. The average molecular weight is 305 g/mol. The molecule has 0 aromatic heterocycles. The lowest BCUT2D eigenvalue weighted by Crippen LogP contribution is -2.19. The summed E-state index contributed by atoms with van der Waals surface area (Å²) >= 11 is 0. The van der Waals surface area contributed by atoms with Crippen molar-refractivity contribution in [3.8, 4) is 0 Å². The molecule has 1 aliphatic heterocycles. The molecule has 2 heteroatoms. The monoisotopic (exact) mass is 305 g/mol. The van der Waals surface area contributed by atoms with Crippen molar-refractivity contribution >= 4 is 11.9 Å². The third kappa shape index (κ3) is 3.96. The summed E-state index contributed by atoms with van der Waals surface area (Å²) in [5, 5.41) is 0. The molecule has 0 unspecified atom stereocenters. The van der Waals surface area contributed by atoms with E-state index in [-0.39, 0.29) is 0 Å². The summed E-state index contributed by atoms with van der Waals surface area (Å²) in [7, 11) is 0. The molecule has 1 saturated heterocycles. The van der Waals surface area contributed by atoms with E-state index in [0.717, 1.165) is 24.0 Å². The summed E-state index contributed by atoms with van der Waals surface area (Å²) in [6.45, 7) is 5.44. The normalized spacial score (nSPS) is 15.8. The van der Waals surface area contributed by atoms with E-state index in [1.165, 1.54) is 42.6 Å². The lowest BCUT2D eigenvalue weighted by Gasteiger charge is -2.15. The number of carbonyl (C=O) groups is 1. The molecule has 2 nitrogen and oxygen atoms in total. The van der Waals surface area contributed by atoms with Gasteiger partial charge in [-0.15, -0.1) is 0 Å². The number of nitrogens with zero attached hydrogens (tertiary/aromatic N) is 1. The maximum absolute atomic E-state index is 11.1. The van der Waals surface area contributed by atoms with E-state index < -0.39 is 0 Å². The highest BCUT2D eigenvalue weighted by molar-refractivity contribution is 5.83. The average Bonchev–Trinajstić information content (AvgIpc) is 3.10. The van der Waals surface area contributed by atoms with Crippen LogP contribution in [0.25, 0.3) is 5.57 Å². The quantitative estimate of drug-likeness (QED) is 0.766. The van der Waals surface area contributed by atoms with Gasteiger partial charge in [0, 0.05) is 12.1 Å². The van der Waals surface area contributed by atoms with E-state index >= 15 is 0 Å². The van der Waals surface area contributed by atoms with E-state index in [9.17, 15) is 4.79 Å². The van der Waals surface area contributed by atoms with Gasteiger partial charge in [-0.05, 0) is 55.6 Å². The summed E-state index contributed by atoms with van der Waals surface area (Å²) in [5.41, 5.74) is 5.51. The molecule has 0 aliphatic carbocycles. The summed E-state index contributed by atoms with van der Waals surface area (Å²) < 4.78 is 0. The second kappa shape index (κ2) is 7.38. The van der Waals surface area contributed by atoms with Crippen molar-refractivity contribution in [1.29, 1.82) is 0 Å². The molecule has 2 aromatic rings.